The molecule has 2 aromatic rings. The summed E-state index contributed by atoms with van der Waals surface area (Å²) in [4.78, 5) is 4.27. The Kier molecular flexibility index (Phi) is 5.55. The number of ether oxygens (including phenoxy) is 1. The number of rotatable bonds is 6. The Bertz CT molecular complexity index is 598. The minimum atomic E-state index is 0.719. The van der Waals surface area contributed by atoms with Gasteiger partial charge in [-0.2, -0.15) is 5.10 Å². The number of aromatic nitrogens is 1. The molecule has 1 aromatic carbocycles. The maximum Gasteiger partial charge on any atom is 0.203 e. The number of thiazole rings is 1. The van der Waals surface area contributed by atoms with Crippen LogP contribution in [0.3, 0.4) is 0 Å². The highest BCUT2D eigenvalue weighted by Crippen LogP contribution is 2.25. The van der Waals surface area contributed by atoms with Gasteiger partial charge in [-0.05, 0) is 53.0 Å². The number of nitrogens with zero attached hydrogens (tertiary/aromatic N) is 2. The highest BCUT2D eigenvalue weighted by atomic mass is 79.9. The molecule has 0 atom stereocenters. The highest BCUT2D eigenvalue weighted by Gasteiger charge is 2.01. The van der Waals surface area contributed by atoms with E-state index < -0.39 is 0 Å². The summed E-state index contributed by atoms with van der Waals surface area (Å²) >= 11 is 5.03. The Balaban J connectivity index is 1.97. The zero-order valence-corrected chi connectivity index (χ0v) is 13.8. The van der Waals surface area contributed by atoms with E-state index in [1.165, 1.54) is 11.3 Å². The molecule has 1 heterocycles. The number of hydrogen-bond donors (Lipinski definition) is 1. The normalized spacial score (nSPS) is 10.9. The summed E-state index contributed by atoms with van der Waals surface area (Å²) in [5, 5.41) is 6.94. The van der Waals surface area contributed by atoms with Crippen molar-refractivity contribution in [3.8, 4) is 5.75 Å². The first-order chi connectivity index (χ1) is 9.69. The van der Waals surface area contributed by atoms with E-state index in [1.807, 2.05) is 30.5 Å². The fourth-order valence-electron chi connectivity index (χ4n) is 1.49. The number of aryl methyl sites for hydroxylation is 1. The van der Waals surface area contributed by atoms with Gasteiger partial charge in [0.25, 0.3) is 0 Å². The van der Waals surface area contributed by atoms with Crippen LogP contribution in [0.2, 0.25) is 0 Å². The molecule has 0 fully saturated rings. The first-order valence-electron chi connectivity index (χ1n) is 6.32. The van der Waals surface area contributed by atoms with Crippen molar-refractivity contribution in [2.24, 2.45) is 5.10 Å². The molecule has 0 aliphatic carbocycles. The van der Waals surface area contributed by atoms with Crippen LogP contribution in [0.4, 0.5) is 5.13 Å². The summed E-state index contributed by atoms with van der Waals surface area (Å²) in [6.45, 7) is 4.76. The predicted molar refractivity (Wildman–Crippen MR) is 88.0 cm³/mol. The monoisotopic (exact) mass is 353 g/mol. The molecule has 0 spiro atoms. The average Bonchev–Trinajstić information content (AvgIpc) is 2.84. The van der Waals surface area contributed by atoms with E-state index in [1.54, 1.807) is 6.21 Å². The third-order valence-corrected chi connectivity index (χ3v) is 3.89. The van der Waals surface area contributed by atoms with Crippen molar-refractivity contribution in [3.63, 3.8) is 0 Å². The number of hydrazone groups is 1. The standard InChI is InChI=1S/C14H16BrN3OS/c1-3-6-19-13-5-4-11(7-12(13)15)8-16-18-14-17-10(2)9-20-14/h4-5,7-9H,3,6H2,1-2H3,(H,17,18)/b16-8-. The maximum atomic E-state index is 5.60. The van der Waals surface area contributed by atoms with Crippen molar-refractivity contribution in [1.29, 1.82) is 0 Å². The Labute approximate surface area is 131 Å². The fraction of sp³-hybridized carbons (Fsp3) is 0.286. The summed E-state index contributed by atoms with van der Waals surface area (Å²) in [6.07, 6.45) is 2.75. The molecule has 1 N–H and O–H groups in total. The van der Waals surface area contributed by atoms with E-state index in [0.717, 1.165) is 39.6 Å². The minimum Gasteiger partial charge on any atom is -0.492 e. The molecule has 4 nitrogen and oxygen atoms in total. The molecule has 106 valence electrons. The number of benzene rings is 1. The van der Waals surface area contributed by atoms with Crippen LogP contribution in [-0.4, -0.2) is 17.8 Å². The van der Waals surface area contributed by atoms with Crippen LogP contribution in [0.25, 0.3) is 0 Å². The third-order valence-electron chi connectivity index (χ3n) is 2.41. The Morgan fingerprint density at radius 1 is 1.50 bits per heavy atom. The van der Waals surface area contributed by atoms with E-state index in [-0.39, 0.29) is 0 Å². The maximum absolute atomic E-state index is 5.60. The second-order valence-corrected chi connectivity index (χ2v) is 5.91. The summed E-state index contributed by atoms with van der Waals surface area (Å²) in [6, 6.07) is 5.88. The van der Waals surface area contributed by atoms with Crippen LogP contribution in [0.5, 0.6) is 5.75 Å². The molecule has 20 heavy (non-hydrogen) atoms. The number of hydrogen-bond acceptors (Lipinski definition) is 5. The first-order valence-corrected chi connectivity index (χ1v) is 8.00. The average molecular weight is 354 g/mol. The van der Waals surface area contributed by atoms with Crippen LogP contribution < -0.4 is 10.2 Å². The second-order valence-electron chi connectivity index (χ2n) is 4.20. The molecular formula is C14H16BrN3OS. The number of halogens is 1. The molecule has 0 aliphatic rings. The van der Waals surface area contributed by atoms with E-state index in [9.17, 15) is 0 Å². The van der Waals surface area contributed by atoms with Gasteiger partial charge in [0.15, 0.2) is 0 Å². The van der Waals surface area contributed by atoms with Crippen molar-refractivity contribution in [1.82, 2.24) is 4.98 Å². The van der Waals surface area contributed by atoms with Crippen molar-refractivity contribution in [3.05, 3.63) is 39.3 Å². The van der Waals surface area contributed by atoms with Crippen molar-refractivity contribution in [2.45, 2.75) is 20.3 Å². The topological polar surface area (TPSA) is 46.5 Å². The molecule has 0 amide bonds. The molecular weight excluding hydrogens is 338 g/mol. The lowest BCUT2D eigenvalue weighted by atomic mass is 10.2. The van der Waals surface area contributed by atoms with E-state index in [4.69, 9.17) is 4.74 Å². The summed E-state index contributed by atoms with van der Waals surface area (Å²) < 4.78 is 6.53. The van der Waals surface area contributed by atoms with Gasteiger partial charge in [-0.1, -0.05) is 6.92 Å². The van der Waals surface area contributed by atoms with E-state index in [2.05, 4.69) is 38.4 Å². The van der Waals surface area contributed by atoms with Gasteiger partial charge in [0.1, 0.15) is 5.75 Å². The van der Waals surface area contributed by atoms with Crippen LogP contribution in [-0.2, 0) is 0 Å². The van der Waals surface area contributed by atoms with Gasteiger partial charge in [-0.3, -0.25) is 5.43 Å². The van der Waals surface area contributed by atoms with E-state index >= 15 is 0 Å². The molecule has 6 heteroatoms. The lowest BCUT2D eigenvalue weighted by Crippen LogP contribution is -1.96. The number of anilines is 1. The van der Waals surface area contributed by atoms with Gasteiger partial charge >= 0.3 is 0 Å². The van der Waals surface area contributed by atoms with Crippen LogP contribution >= 0.6 is 27.3 Å². The molecule has 1 aromatic heterocycles. The third kappa shape index (κ3) is 4.31. The molecule has 0 radical (unpaired) electrons. The van der Waals surface area contributed by atoms with Gasteiger partial charge in [0.05, 0.1) is 23.0 Å². The Hall–Kier alpha value is -1.40. The van der Waals surface area contributed by atoms with E-state index in [0.29, 0.717) is 0 Å². The van der Waals surface area contributed by atoms with Crippen LogP contribution in [0.15, 0.2) is 33.2 Å². The fourth-order valence-corrected chi connectivity index (χ4v) is 2.64. The number of nitrogens with one attached hydrogen (secondary N) is 1. The lowest BCUT2D eigenvalue weighted by molar-refractivity contribution is 0.315. The smallest absolute Gasteiger partial charge is 0.203 e. The Morgan fingerprint density at radius 3 is 3.00 bits per heavy atom. The highest BCUT2D eigenvalue weighted by molar-refractivity contribution is 9.10. The first kappa shape index (κ1) is 15.0. The zero-order valence-electron chi connectivity index (χ0n) is 11.4. The lowest BCUT2D eigenvalue weighted by Gasteiger charge is -2.07. The van der Waals surface area contributed by atoms with Gasteiger partial charge < -0.3 is 4.74 Å². The summed E-state index contributed by atoms with van der Waals surface area (Å²) in [5.41, 5.74) is 4.89. The second kappa shape index (κ2) is 7.40. The molecule has 0 aliphatic heterocycles. The summed E-state index contributed by atoms with van der Waals surface area (Å²) in [5.74, 6) is 0.854. The molecule has 0 saturated carbocycles. The Morgan fingerprint density at radius 2 is 2.35 bits per heavy atom. The van der Waals surface area contributed by atoms with Crippen LogP contribution in [0.1, 0.15) is 24.6 Å². The quantitative estimate of drug-likeness (QED) is 0.616. The van der Waals surface area contributed by atoms with Gasteiger partial charge in [0.2, 0.25) is 5.13 Å². The van der Waals surface area contributed by atoms with Crippen molar-refractivity contribution in [2.75, 3.05) is 12.0 Å². The van der Waals surface area contributed by atoms with Crippen molar-refractivity contribution >= 4 is 38.6 Å². The van der Waals surface area contributed by atoms with Crippen molar-refractivity contribution < 1.29 is 4.74 Å². The molecule has 0 saturated heterocycles. The molecule has 0 bridgehead atoms. The largest absolute Gasteiger partial charge is 0.492 e. The zero-order chi connectivity index (χ0) is 14.4. The predicted octanol–water partition coefficient (Wildman–Crippen LogP) is 4.45. The molecule has 0 unspecified atom stereocenters. The van der Waals surface area contributed by atoms with Gasteiger partial charge in [0, 0.05) is 5.38 Å². The molecule has 2 rings (SSSR count). The minimum absolute atomic E-state index is 0.719. The van der Waals surface area contributed by atoms with Gasteiger partial charge in [-0.15, -0.1) is 11.3 Å². The van der Waals surface area contributed by atoms with Gasteiger partial charge in [-0.25, -0.2) is 4.98 Å². The summed E-state index contributed by atoms with van der Waals surface area (Å²) in [7, 11) is 0. The SMILES string of the molecule is CCCOc1ccc(/C=N\Nc2nc(C)cs2)cc1Br. The van der Waals surface area contributed by atoms with Crippen LogP contribution in [0, 0.1) is 6.92 Å².